The van der Waals surface area contributed by atoms with Gasteiger partial charge in [0, 0.05) is 12.1 Å². The van der Waals surface area contributed by atoms with Crippen molar-refractivity contribution in [1.29, 1.82) is 0 Å². The van der Waals surface area contributed by atoms with Gasteiger partial charge >= 0.3 is 0 Å². The lowest BCUT2D eigenvalue weighted by atomic mass is 10.1. The summed E-state index contributed by atoms with van der Waals surface area (Å²) >= 11 is 0. The van der Waals surface area contributed by atoms with Crippen molar-refractivity contribution < 1.29 is 0 Å². The van der Waals surface area contributed by atoms with E-state index in [-0.39, 0.29) is 0 Å². The summed E-state index contributed by atoms with van der Waals surface area (Å²) in [5, 5.41) is 8.40. The second-order valence-electron chi connectivity index (χ2n) is 4.17. The third-order valence-electron chi connectivity index (χ3n) is 2.73. The van der Waals surface area contributed by atoms with Gasteiger partial charge in [-0.3, -0.25) is 0 Å². The molecule has 0 unspecified atom stereocenters. The largest absolute Gasteiger partial charge is 0.324 e. The van der Waals surface area contributed by atoms with Crippen molar-refractivity contribution in [3.8, 4) is 11.4 Å². The first-order chi connectivity index (χ1) is 8.26. The van der Waals surface area contributed by atoms with Gasteiger partial charge in [0.1, 0.15) is 5.82 Å². The van der Waals surface area contributed by atoms with Crippen LogP contribution >= 0.6 is 0 Å². The van der Waals surface area contributed by atoms with E-state index in [4.69, 9.17) is 5.73 Å². The fourth-order valence-electron chi connectivity index (χ4n) is 1.94. The Morgan fingerprint density at radius 3 is 2.76 bits per heavy atom. The number of aromatic nitrogens is 3. The lowest BCUT2D eigenvalue weighted by Gasteiger charge is -2.08. The van der Waals surface area contributed by atoms with E-state index in [1.165, 1.54) is 5.56 Å². The summed E-state index contributed by atoms with van der Waals surface area (Å²) in [4.78, 5) is 0. The van der Waals surface area contributed by atoms with Crippen LogP contribution in [0.5, 0.6) is 0 Å². The molecule has 0 amide bonds. The second-order valence-corrected chi connectivity index (χ2v) is 4.17. The van der Waals surface area contributed by atoms with Crippen LogP contribution in [0.2, 0.25) is 0 Å². The molecular formula is C13H18N4. The van der Waals surface area contributed by atoms with Gasteiger partial charge in [-0.2, -0.15) is 0 Å². The van der Waals surface area contributed by atoms with Gasteiger partial charge in [-0.15, -0.1) is 10.2 Å². The molecule has 0 fully saturated rings. The summed E-state index contributed by atoms with van der Waals surface area (Å²) in [5.74, 6) is 1.76. The van der Waals surface area contributed by atoms with Gasteiger partial charge in [0.05, 0.1) is 6.54 Å². The highest BCUT2D eigenvalue weighted by molar-refractivity contribution is 5.56. The molecule has 1 aromatic carbocycles. The minimum Gasteiger partial charge on any atom is -0.324 e. The minimum atomic E-state index is 0.429. The Morgan fingerprint density at radius 2 is 2.12 bits per heavy atom. The van der Waals surface area contributed by atoms with Gasteiger partial charge in [-0.1, -0.05) is 30.7 Å². The normalized spacial score (nSPS) is 10.8. The van der Waals surface area contributed by atoms with Crippen LogP contribution < -0.4 is 5.73 Å². The molecule has 0 saturated heterocycles. The zero-order chi connectivity index (χ0) is 12.3. The monoisotopic (exact) mass is 230 g/mol. The van der Waals surface area contributed by atoms with E-state index >= 15 is 0 Å². The fourth-order valence-corrected chi connectivity index (χ4v) is 1.94. The summed E-state index contributed by atoms with van der Waals surface area (Å²) in [6.45, 7) is 5.55. The van der Waals surface area contributed by atoms with Crippen LogP contribution in [0.25, 0.3) is 11.4 Å². The van der Waals surface area contributed by atoms with Crippen molar-refractivity contribution in [3.05, 3.63) is 35.7 Å². The molecular weight excluding hydrogens is 212 g/mol. The van der Waals surface area contributed by atoms with Crippen molar-refractivity contribution in [2.75, 3.05) is 0 Å². The van der Waals surface area contributed by atoms with Crippen molar-refractivity contribution in [3.63, 3.8) is 0 Å². The Kier molecular flexibility index (Phi) is 3.54. The zero-order valence-corrected chi connectivity index (χ0v) is 10.3. The predicted octanol–water partition coefficient (Wildman–Crippen LogP) is 2.12. The molecule has 0 atom stereocenters. The predicted molar refractivity (Wildman–Crippen MR) is 68.4 cm³/mol. The Bertz CT molecular complexity index is 502. The Hall–Kier alpha value is -1.68. The maximum absolute atomic E-state index is 5.68. The average molecular weight is 230 g/mol. The molecule has 2 N–H and O–H groups in total. The number of benzene rings is 1. The maximum Gasteiger partial charge on any atom is 0.164 e. The standard InChI is InChI=1S/C13H18N4/c1-3-7-17-12(9-14)15-16-13(17)11-6-4-5-10(2)8-11/h4-6,8H,3,7,9,14H2,1-2H3. The number of nitrogens with zero attached hydrogens (tertiary/aromatic N) is 3. The molecule has 1 heterocycles. The average Bonchev–Trinajstić information content (AvgIpc) is 2.72. The fraction of sp³-hybridized carbons (Fsp3) is 0.385. The van der Waals surface area contributed by atoms with Crippen LogP contribution in [0.1, 0.15) is 24.7 Å². The first-order valence-corrected chi connectivity index (χ1v) is 5.95. The zero-order valence-electron chi connectivity index (χ0n) is 10.3. The molecule has 0 saturated carbocycles. The van der Waals surface area contributed by atoms with Gasteiger partial charge < -0.3 is 10.3 Å². The summed E-state index contributed by atoms with van der Waals surface area (Å²) < 4.78 is 2.11. The van der Waals surface area contributed by atoms with E-state index in [9.17, 15) is 0 Å². The molecule has 0 bridgehead atoms. The van der Waals surface area contributed by atoms with Crippen LogP contribution in [0.4, 0.5) is 0 Å². The molecule has 2 rings (SSSR count). The van der Waals surface area contributed by atoms with Crippen LogP contribution in [0.15, 0.2) is 24.3 Å². The van der Waals surface area contributed by atoms with Crippen molar-refractivity contribution in [2.24, 2.45) is 5.73 Å². The van der Waals surface area contributed by atoms with Gasteiger partial charge in [0.2, 0.25) is 0 Å². The molecule has 0 spiro atoms. The highest BCUT2D eigenvalue weighted by atomic mass is 15.3. The first kappa shape index (κ1) is 11.8. The molecule has 4 nitrogen and oxygen atoms in total. The highest BCUT2D eigenvalue weighted by Gasteiger charge is 2.11. The first-order valence-electron chi connectivity index (χ1n) is 5.95. The van der Waals surface area contributed by atoms with Crippen LogP contribution in [-0.4, -0.2) is 14.8 Å². The SMILES string of the molecule is CCCn1c(CN)nnc1-c1cccc(C)c1. The molecule has 4 heteroatoms. The molecule has 2 aromatic rings. The molecule has 1 aromatic heterocycles. The number of nitrogens with two attached hydrogens (primary N) is 1. The Morgan fingerprint density at radius 1 is 1.29 bits per heavy atom. The quantitative estimate of drug-likeness (QED) is 0.875. The van der Waals surface area contributed by atoms with Gasteiger partial charge in [-0.25, -0.2) is 0 Å². The number of aryl methyl sites for hydroxylation is 1. The minimum absolute atomic E-state index is 0.429. The van der Waals surface area contributed by atoms with Crippen molar-refractivity contribution >= 4 is 0 Å². The van der Waals surface area contributed by atoms with Gasteiger partial charge in [-0.05, 0) is 19.4 Å². The lowest BCUT2D eigenvalue weighted by Crippen LogP contribution is -2.09. The Balaban J connectivity index is 2.47. The summed E-state index contributed by atoms with van der Waals surface area (Å²) in [6, 6.07) is 8.30. The molecule has 0 aliphatic carbocycles. The maximum atomic E-state index is 5.68. The third kappa shape index (κ3) is 2.36. The smallest absolute Gasteiger partial charge is 0.164 e. The van der Waals surface area contributed by atoms with Crippen LogP contribution in [0.3, 0.4) is 0 Å². The van der Waals surface area contributed by atoms with E-state index in [1.54, 1.807) is 0 Å². The summed E-state index contributed by atoms with van der Waals surface area (Å²) in [6.07, 6.45) is 1.05. The molecule has 0 aliphatic rings. The van der Waals surface area contributed by atoms with E-state index in [0.29, 0.717) is 6.54 Å². The van der Waals surface area contributed by atoms with Crippen molar-refractivity contribution in [2.45, 2.75) is 33.4 Å². The third-order valence-corrected chi connectivity index (χ3v) is 2.73. The van der Waals surface area contributed by atoms with E-state index in [2.05, 4.69) is 46.8 Å². The summed E-state index contributed by atoms with van der Waals surface area (Å²) in [5.41, 5.74) is 8.01. The van der Waals surface area contributed by atoms with Crippen LogP contribution in [-0.2, 0) is 13.1 Å². The Labute approximate surface area is 101 Å². The number of hydrogen-bond donors (Lipinski definition) is 1. The number of hydrogen-bond acceptors (Lipinski definition) is 3. The van der Waals surface area contributed by atoms with Crippen LogP contribution in [0, 0.1) is 6.92 Å². The second kappa shape index (κ2) is 5.10. The highest BCUT2D eigenvalue weighted by Crippen LogP contribution is 2.19. The molecule has 0 aliphatic heterocycles. The lowest BCUT2D eigenvalue weighted by molar-refractivity contribution is 0.644. The number of rotatable bonds is 4. The molecule has 0 radical (unpaired) electrons. The molecule has 90 valence electrons. The van der Waals surface area contributed by atoms with Crippen molar-refractivity contribution in [1.82, 2.24) is 14.8 Å². The summed E-state index contributed by atoms with van der Waals surface area (Å²) in [7, 11) is 0. The topological polar surface area (TPSA) is 56.7 Å². The van der Waals surface area contributed by atoms with Gasteiger partial charge in [0.25, 0.3) is 0 Å². The van der Waals surface area contributed by atoms with Gasteiger partial charge in [0.15, 0.2) is 5.82 Å². The van der Waals surface area contributed by atoms with E-state index < -0.39 is 0 Å². The molecule has 17 heavy (non-hydrogen) atoms. The van der Waals surface area contributed by atoms with E-state index in [0.717, 1.165) is 30.2 Å². The van der Waals surface area contributed by atoms with E-state index in [1.807, 2.05) is 6.07 Å².